The van der Waals surface area contributed by atoms with Crippen molar-refractivity contribution in [1.29, 1.82) is 0 Å². The number of rotatable bonds is 3. The van der Waals surface area contributed by atoms with Gasteiger partial charge in [0, 0.05) is 11.6 Å². The van der Waals surface area contributed by atoms with Gasteiger partial charge in [0.1, 0.15) is 0 Å². The normalized spacial score (nSPS) is 28.4. The Morgan fingerprint density at radius 1 is 1.50 bits per heavy atom. The predicted octanol–water partition coefficient (Wildman–Crippen LogP) is 3.28. The van der Waals surface area contributed by atoms with E-state index < -0.39 is 9.84 Å². The van der Waals surface area contributed by atoms with Crippen molar-refractivity contribution in [3.8, 4) is 0 Å². The van der Waals surface area contributed by atoms with Gasteiger partial charge in [-0.05, 0) is 31.9 Å². The maximum absolute atomic E-state index is 11.6. The van der Waals surface area contributed by atoms with Crippen molar-refractivity contribution < 1.29 is 8.42 Å². The highest BCUT2D eigenvalue weighted by Crippen LogP contribution is 2.36. The highest BCUT2D eigenvalue weighted by Gasteiger charge is 2.39. The van der Waals surface area contributed by atoms with E-state index in [1.54, 1.807) is 0 Å². The molecule has 0 radical (unpaired) electrons. The molecule has 0 aliphatic carbocycles. The first-order valence-electron chi connectivity index (χ1n) is 5.64. The average molecular weight is 328 g/mol. The molecular weight excluding hydrogens is 313 g/mol. The topological polar surface area (TPSA) is 46.2 Å². The first-order valence-corrected chi connectivity index (χ1v) is 9.03. The monoisotopic (exact) mass is 327 g/mol. The fourth-order valence-electron chi connectivity index (χ4n) is 2.37. The summed E-state index contributed by atoms with van der Waals surface area (Å²) >= 11 is 13.3. The summed E-state index contributed by atoms with van der Waals surface area (Å²) in [6.07, 6.45) is 0.634. The molecule has 1 N–H and O–H groups in total. The minimum absolute atomic E-state index is 0.0143. The van der Waals surface area contributed by atoms with Crippen LogP contribution in [0.25, 0.3) is 0 Å². The Labute approximate surface area is 121 Å². The molecule has 0 amide bonds. The molecule has 1 fully saturated rings. The fraction of sp³-hybridized carbons (Fsp3) is 0.636. The van der Waals surface area contributed by atoms with Crippen LogP contribution in [0.3, 0.4) is 0 Å². The largest absolute Gasteiger partial charge is 0.304 e. The van der Waals surface area contributed by atoms with Crippen LogP contribution in [0.1, 0.15) is 31.9 Å². The van der Waals surface area contributed by atoms with E-state index in [2.05, 4.69) is 5.32 Å². The molecular formula is C11H15Cl2NO2S2. The highest BCUT2D eigenvalue weighted by molar-refractivity contribution is 7.91. The molecule has 1 aromatic rings. The summed E-state index contributed by atoms with van der Waals surface area (Å²) < 4.78 is 24.4. The molecule has 1 aliphatic heterocycles. The second-order valence-corrected chi connectivity index (χ2v) is 9.52. The van der Waals surface area contributed by atoms with Crippen LogP contribution in [0.5, 0.6) is 0 Å². The van der Waals surface area contributed by atoms with Gasteiger partial charge < -0.3 is 5.32 Å². The second-order valence-electron chi connectivity index (χ2n) is 5.05. The SMILES string of the molecule is CC(NC1(C)CCS(=O)(=O)C1)c1cc(Cl)sc1Cl. The number of hydrogen-bond donors (Lipinski definition) is 1. The van der Waals surface area contributed by atoms with Crippen molar-refractivity contribution in [2.24, 2.45) is 0 Å². The minimum Gasteiger partial charge on any atom is -0.304 e. The Kier molecular flexibility index (Phi) is 4.01. The maximum Gasteiger partial charge on any atom is 0.152 e. The Morgan fingerprint density at radius 3 is 2.61 bits per heavy atom. The lowest BCUT2D eigenvalue weighted by atomic mass is 9.99. The minimum atomic E-state index is -2.91. The van der Waals surface area contributed by atoms with Crippen molar-refractivity contribution in [3.05, 3.63) is 20.3 Å². The van der Waals surface area contributed by atoms with Gasteiger partial charge >= 0.3 is 0 Å². The molecule has 3 nitrogen and oxygen atoms in total. The van der Waals surface area contributed by atoms with E-state index in [0.29, 0.717) is 15.1 Å². The summed E-state index contributed by atoms with van der Waals surface area (Å²) in [4.78, 5) is 0. The molecule has 0 saturated carbocycles. The molecule has 1 saturated heterocycles. The molecule has 0 aromatic carbocycles. The Hall–Kier alpha value is 0.190. The van der Waals surface area contributed by atoms with Crippen LogP contribution in [-0.4, -0.2) is 25.5 Å². The predicted molar refractivity (Wildman–Crippen MR) is 77.6 cm³/mol. The third-order valence-electron chi connectivity index (χ3n) is 3.22. The Bertz CT molecular complexity index is 555. The molecule has 2 heterocycles. The van der Waals surface area contributed by atoms with Crippen LogP contribution in [0, 0.1) is 0 Å². The number of thiophene rings is 1. The van der Waals surface area contributed by atoms with E-state index in [9.17, 15) is 8.42 Å². The molecule has 7 heteroatoms. The van der Waals surface area contributed by atoms with Gasteiger partial charge in [-0.1, -0.05) is 23.2 Å². The first kappa shape index (κ1) is 14.6. The van der Waals surface area contributed by atoms with Crippen LogP contribution in [0.2, 0.25) is 8.67 Å². The summed E-state index contributed by atoms with van der Waals surface area (Å²) in [5, 5.41) is 3.37. The van der Waals surface area contributed by atoms with Crippen molar-refractivity contribution in [1.82, 2.24) is 5.32 Å². The van der Waals surface area contributed by atoms with Gasteiger partial charge in [-0.2, -0.15) is 0 Å². The van der Waals surface area contributed by atoms with Gasteiger partial charge in [-0.15, -0.1) is 11.3 Å². The summed E-state index contributed by atoms with van der Waals surface area (Å²) in [7, 11) is -2.91. The van der Waals surface area contributed by atoms with Crippen molar-refractivity contribution in [3.63, 3.8) is 0 Å². The third kappa shape index (κ3) is 3.20. The van der Waals surface area contributed by atoms with Crippen molar-refractivity contribution >= 4 is 44.4 Å². The van der Waals surface area contributed by atoms with Gasteiger partial charge in [-0.3, -0.25) is 0 Å². The number of sulfone groups is 1. The number of halogens is 2. The first-order chi connectivity index (χ1) is 8.21. The van der Waals surface area contributed by atoms with Gasteiger partial charge in [0.25, 0.3) is 0 Å². The van der Waals surface area contributed by atoms with Gasteiger partial charge in [0.05, 0.1) is 20.2 Å². The quantitative estimate of drug-likeness (QED) is 0.926. The zero-order valence-electron chi connectivity index (χ0n) is 10.2. The summed E-state index contributed by atoms with van der Waals surface area (Å²) in [6.45, 7) is 3.91. The average Bonchev–Trinajstić information content (AvgIpc) is 2.67. The number of nitrogens with one attached hydrogen (secondary N) is 1. The zero-order valence-corrected chi connectivity index (χ0v) is 13.3. The molecule has 0 bridgehead atoms. The standard InChI is InChI=1S/C11H15Cl2NO2S2/c1-7(8-5-9(12)17-10(8)13)14-11(2)3-4-18(15,16)6-11/h5,7,14H,3-4,6H2,1-2H3. The molecule has 1 aromatic heterocycles. The number of hydrogen-bond acceptors (Lipinski definition) is 4. The summed E-state index contributed by atoms with van der Waals surface area (Å²) in [6, 6.07) is 1.82. The lowest BCUT2D eigenvalue weighted by Crippen LogP contribution is -2.44. The smallest absolute Gasteiger partial charge is 0.152 e. The molecule has 2 unspecified atom stereocenters. The molecule has 102 valence electrons. The van der Waals surface area contributed by atoms with Gasteiger partial charge in [0.15, 0.2) is 9.84 Å². The zero-order chi connectivity index (χ0) is 13.6. The van der Waals surface area contributed by atoms with E-state index in [0.717, 1.165) is 5.56 Å². The molecule has 1 aliphatic rings. The molecule has 2 rings (SSSR count). The van der Waals surface area contributed by atoms with Crippen LogP contribution >= 0.6 is 34.5 Å². The van der Waals surface area contributed by atoms with Crippen LogP contribution in [-0.2, 0) is 9.84 Å². The Balaban J connectivity index is 2.13. The van der Waals surface area contributed by atoms with Crippen LogP contribution in [0.15, 0.2) is 6.07 Å². The van der Waals surface area contributed by atoms with Crippen LogP contribution < -0.4 is 5.32 Å². The van der Waals surface area contributed by atoms with E-state index >= 15 is 0 Å². The molecule has 18 heavy (non-hydrogen) atoms. The summed E-state index contributed by atoms with van der Waals surface area (Å²) in [5.41, 5.74) is 0.549. The van der Waals surface area contributed by atoms with Crippen molar-refractivity contribution in [2.75, 3.05) is 11.5 Å². The van der Waals surface area contributed by atoms with Crippen LogP contribution in [0.4, 0.5) is 0 Å². The molecule has 2 atom stereocenters. The van der Waals surface area contributed by atoms with E-state index in [-0.39, 0.29) is 23.1 Å². The maximum atomic E-state index is 11.6. The summed E-state index contributed by atoms with van der Waals surface area (Å²) in [5.74, 6) is 0.432. The highest BCUT2D eigenvalue weighted by atomic mass is 35.5. The lowest BCUT2D eigenvalue weighted by molar-refractivity contribution is 0.356. The van der Waals surface area contributed by atoms with Gasteiger partial charge in [0.2, 0.25) is 0 Å². The third-order valence-corrected chi connectivity index (χ3v) is 6.64. The second kappa shape index (κ2) is 4.94. The van der Waals surface area contributed by atoms with E-state index in [1.807, 2.05) is 19.9 Å². The van der Waals surface area contributed by atoms with E-state index in [4.69, 9.17) is 23.2 Å². The Morgan fingerprint density at radius 2 is 2.17 bits per heavy atom. The van der Waals surface area contributed by atoms with Gasteiger partial charge in [-0.25, -0.2) is 8.42 Å². The lowest BCUT2D eigenvalue weighted by Gasteiger charge is -2.28. The molecule has 0 spiro atoms. The van der Waals surface area contributed by atoms with Crippen molar-refractivity contribution in [2.45, 2.75) is 31.8 Å². The van der Waals surface area contributed by atoms with E-state index in [1.165, 1.54) is 11.3 Å². The fourth-order valence-corrected chi connectivity index (χ4v) is 6.12.